The van der Waals surface area contributed by atoms with E-state index in [2.05, 4.69) is 21.2 Å². The fraction of sp³-hybridized carbons (Fsp3) is 0.259. The smallest absolute Gasteiger partial charge is 0.243 e. The van der Waals surface area contributed by atoms with Crippen LogP contribution in [0.1, 0.15) is 23.6 Å². The number of carbonyl (C=O) groups is 2. The zero-order chi connectivity index (χ0) is 25.2. The van der Waals surface area contributed by atoms with Crippen LogP contribution in [0.15, 0.2) is 77.3 Å². The highest BCUT2D eigenvalue weighted by Gasteiger charge is 2.30. The first kappa shape index (κ1) is 27.6. The van der Waals surface area contributed by atoms with Crippen molar-refractivity contribution in [1.82, 2.24) is 10.2 Å². The van der Waals surface area contributed by atoms with Gasteiger partial charge in [-0.2, -0.15) is 0 Å². The maximum absolute atomic E-state index is 13.6. The van der Waals surface area contributed by atoms with Crippen LogP contribution in [-0.4, -0.2) is 35.1 Å². The Bertz CT molecular complexity index is 1110. The molecule has 3 aromatic carbocycles. The van der Waals surface area contributed by atoms with Gasteiger partial charge in [-0.25, -0.2) is 0 Å². The molecule has 0 saturated carbocycles. The molecule has 1 atom stereocenters. The number of amides is 2. The van der Waals surface area contributed by atoms with Crippen molar-refractivity contribution < 1.29 is 9.59 Å². The number of carbonyl (C=O) groups excluding carboxylic acids is 2. The van der Waals surface area contributed by atoms with Gasteiger partial charge in [-0.15, -0.1) is 11.8 Å². The number of halogens is 3. The Hall–Kier alpha value is -1.99. The molecule has 184 valence electrons. The van der Waals surface area contributed by atoms with Crippen molar-refractivity contribution >= 4 is 62.7 Å². The topological polar surface area (TPSA) is 49.4 Å². The minimum Gasteiger partial charge on any atom is -0.355 e. The molecule has 3 rings (SSSR count). The Morgan fingerprint density at radius 2 is 1.60 bits per heavy atom. The van der Waals surface area contributed by atoms with E-state index >= 15 is 0 Å². The summed E-state index contributed by atoms with van der Waals surface area (Å²) in [6.07, 6.45) is 0.427. The summed E-state index contributed by atoms with van der Waals surface area (Å²) in [6, 6.07) is 22.3. The second kappa shape index (κ2) is 13.9. The first-order valence-electron chi connectivity index (χ1n) is 11.2. The molecule has 0 radical (unpaired) electrons. The van der Waals surface area contributed by atoms with Crippen molar-refractivity contribution in [3.63, 3.8) is 0 Å². The lowest BCUT2D eigenvalue weighted by atomic mass is 10.0. The van der Waals surface area contributed by atoms with Crippen molar-refractivity contribution in [3.8, 4) is 0 Å². The van der Waals surface area contributed by atoms with Crippen molar-refractivity contribution in [2.24, 2.45) is 0 Å². The Morgan fingerprint density at radius 3 is 2.23 bits per heavy atom. The second-order valence-corrected chi connectivity index (χ2v) is 10.7. The average Bonchev–Trinajstić information content (AvgIpc) is 2.85. The van der Waals surface area contributed by atoms with Crippen LogP contribution in [0, 0.1) is 0 Å². The zero-order valence-corrected chi connectivity index (χ0v) is 23.3. The van der Waals surface area contributed by atoms with Gasteiger partial charge in [0, 0.05) is 39.8 Å². The summed E-state index contributed by atoms with van der Waals surface area (Å²) >= 11 is 17.5. The average molecular weight is 594 g/mol. The maximum Gasteiger partial charge on any atom is 0.243 e. The van der Waals surface area contributed by atoms with Crippen LogP contribution in [-0.2, 0) is 28.3 Å². The molecule has 0 aromatic heterocycles. The van der Waals surface area contributed by atoms with Crippen molar-refractivity contribution in [1.29, 1.82) is 0 Å². The molecule has 0 spiro atoms. The summed E-state index contributed by atoms with van der Waals surface area (Å²) in [7, 11) is 0. The van der Waals surface area contributed by atoms with Gasteiger partial charge in [-0.1, -0.05) is 87.7 Å². The van der Waals surface area contributed by atoms with E-state index in [9.17, 15) is 9.59 Å². The van der Waals surface area contributed by atoms with Gasteiger partial charge in [0.1, 0.15) is 6.04 Å². The van der Waals surface area contributed by atoms with Gasteiger partial charge in [-0.3, -0.25) is 9.59 Å². The molecule has 0 aliphatic carbocycles. The van der Waals surface area contributed by atoms with E-state index in [1.165, 1.54) is 11.8 Å². The molecule has 0 aliphatic heterocycles. The molecule has 1 N–H and O–H groups in total. The highest BCUT2D eigenvalue weighted by Crippen LogP contribution is 2.28. The molecule has 0 heterocycles. The number of likely N-dealkylation sites (N-methyl/N-ethyl adjacent to an activating group) is 1. The number of hydrogen-bond donors (Lipinski definition) is 1. The van der Waals surface area contributed by atoms with Crippen LogP contribution in [0.5, 0.6) is 0 Å². The number of rotatable bonds is 11. The van der Waals surface area contributed by atoms with E-state index in [0.717, 1.165) is 21.2 Å². The summed E-state index contributed by atoms with van der Waals surface area (Å²) in [6.45, 7) is 2.69. The van der Waals surface area contributed by atoms with Crippen LogP contribution < -0.4 is 5.32 Å². The van der Waals surface area contributed by atoms with Gasteiger partial charge in [0.05, 0.1) is 5.75 Å². The molecule has 0 bridgehead atoms. The summed E-state index contributed by atoms with van der Waals surface area (Å²) in [5, 5.41) is 4.07. The fourth-order valence-electron chi connectivity index (χ4n) is 3.63. The summed E-state index contributed by atoms with van der Waals surface area (Å²) in [5.74, 6) is 0.415. The lowest BCUT2D eigenvalue weighted by Crippen LogP contribution is -2.51. The fourth-order valence-corrected chi connectivity index (χ4v) is 5.54. The monoisotopic (exact) mass is 592 g/mol. The standard InChI is InChI=1S/C27H27BrCl2N2O2S/c1-2-31-27(34)25(15-19-7-4-3-5-8-19)32(16-20-11-13-21(28)14-12-20)26(33)18-35-17-22-23(29)9-6-10-24(22)30/h3-14,25H,2,15-18H2,1H3,(H,31,34)/t25-/m1/s1. The Morgan fingerprint density at radius 1 is 0.943 bits per heavy atom. The number of nitrogens with zero attached hydrogens (tertiary/aromatic N) is 1. The molecule has 3 aromatic rings. The van der Waals surface area contributed by atoms with Crippen molar-refractivity contribution in [3.05, 3.63) is 104 Å². The zero-order valence-electron chi connectivity index (χ0n) is 19.3. The number of hydrogen-bond acceptors (Lipinski definition) is 3. The van der Waals surface area contributed by atoms with Gasteiger partial charge in [-0.05, 0) is 47.9 Å². The molecular formula is C27H27BrCl2N2O2S. The minimum absolute atomic E-state index is 0.117. The van der Waals surface area contributed by atoms with Gasteiger partial charge in [0.25, 0.3) is 0 Å². The molecule has 0 fully saturated rings. The SMILES string of the molecule is CCNC(=O)[C@@H](Cc1ccccc1)N(Cc1ccc(Br)cc1)C(=O)CSCc1c(Cl)cccc1Cl. The quantitative estimate of drug-likeness (QED) is 0.267. The molecule has 0 unspecified atom stereocenters. The van der Waals surface area contributed by atoms with Gasteiger partial charge in [0.15, 0.2) is 0 Å². The van der Waals surface area contributed by atoms with Crippen LogP contribution in [0.25, 0.3) is 0 Å². The molecule has 8 heteroatoms. The highest BCUT2D eigenvalue weighted by molar-refractivity contribution is 9.10. The summed E-state index contributed by atoms with van der Waals surface area (Å²) in [4.78, 5) is 28.4. The van der Waals surface area contributed by atoms with E-state index in [4.69, 9.17) is 23.2 Å². The van der Waals surface area contributed by atoms with Crippen LogP contribution in [0.3, 0.4) is 0 Å². The Balaban J connectivity index is 1.84. The van der Waals surface area contributed by atoms with E-state index in [0.29, 0.717) is 35.3 Å². The third kappa shape index (κ3) is 8.28. The first-order valence-corrected chi connectivity index (χ1v) is 14.0. The second-order valence-electron chi connectivity index (χ2n) is 7.94. The predicted octanol–water partition coefficient (Wildman–Crippen LogP) is 6.77. The maximum atomic E-state index is 13.6. The van der Waals surface area contributed by atoms with Gasteiger partial charge >= 0.3 is 0 Å². The Labute approximate surface area is 229 Å². The number of nitrogens with one attached hydrogen (secondary N) is 1. The van der Waals surface area contributed by atoms with Gasteiger partial charge < -0.3 is 10.2 Å². The molecule has 0 aliphatic rings. The third-order valence-electron chi connectivity index (χ3n) is 5.42. The molecule has 2 amide bonds. The minimum atomic E-state index is -0.641. The molecule has 35 heavy (non-hydrogen) atoms. The van der Waals surface area contributed by atoms with Crippen molar-refractivity contribution in [2.45, 2.75) is 31.7 Å². The summed E-state index contributed by atoms with van der Waals surface area (Å²) < 4.78 is 0.955. The lowest BCUT2D eigenvalue weighted by Gasteiger charge is -2.31. The van der Waals surface area contributed by atoms with E-state index in [1.54, 1.807) is 23.1 Å². The van der Waals surface area contributed by atoms with Gasteiger partial charge in [0.2, 0.25) is 11.8 Å². The first-order chi connectivity index (χ1) is 16.9. The largest absolute Gasteiger partial charge is 0.355 e. The van der Waals surface area contributed by atoms with Crippen molar-refractivity contribution in [2.75, 3.05) is 12.3 Å². The number of thioether (sulfide) groups is 1. The summed E-state index contributed by atoms with van der Waals surface area (Å²) in [5.41, 5.74) is 2.74. The molecule has 0 saturated heterocycles. The lowest BCUT2D eigenvalue weighted by molar-refractivity contribution is -0.139. The number of benzene rings is 3. The Kier molecular flexibility index (Phi) is 11.0. The van der Waals surface area contributed by atoms with E-state index in [-0.39, 0.29) is 17.6 Å². The molecule has 4 nitrogen and oxygen atoms in total. The van der Waals surface area contributed by atoms with Crippen LogP contribution in [0.4, 0.5) is 0 Å². The van der Waals surface area contributed by atoms with Crippen LogP contribution >= 0.6 is 50.9 Å². The van der Waals surface area contributed by atoms with E-state index in [1.807, 2.05) is 61.5 Å². The van der Waals surface area contributed by atoms with Crippen LogP contribution in [0.2, 0.25) is 10.0 Å². The highest BCUT2D eigenvalue weighted by atomic mass is 79.9. The molecular weight excluding hydrogens is 567 g/mol. The third-order valence-corrected chi connectivity index (χ3v) is 7.60. The normalized spacial score (nSPS) is 11.7. The predicted molar refractivity (Wildman–Crippen MR) is 150 cm³/mol. The van der Waals surface area contributed by atoms with E-state index < -0.39 is 6.04 Å².